The SMILES string of the molecule is CC/C=C\C/C=C\C/C=C\C/C=C\C/C=C\CCCCCC(=O)OCC(COC1OC(C(=O)O)C(O)C(O)C1OC(=O)CCCCC/C=C\C/C=C\C/C=C\C/C=C\C/C=C\CC)OC(=O)CCCCCCC/C=C\C/C=C\C/C=C\CC. The Morgan fingerprint density at radius 2 is 0.723 bits per heavy atom. The molecule has 3 N–H and O–H groups in total. The minimum Gasteiger partial charge on any atom is -0.479 e. The number of carbonyl (C=O) groups excluding carboxylic acids is 3. The van der Waals surface area contributed by atoms with Crippen molar-refractivity contribution in [3.63, 3.8) is 0 Å². The molecule has 1 heterocycles. The molecule has 0 bridgehead atoms. The fraction of sp³-hybridized carbons (Fsp3) is 0.577. The molecule has 0 aromatic rings. The first-order chi connectivity index (χ1) is 40.6. The second kappa shape index (κ2) is 56.8. The number of hydrogen-bond donors (Lipinski definition) is 3. The molecule has 0 amide bonds. The number of carboxylic acids is 1. The van der Waals surface area contributed by atoms with Gasteiger partial charge in [0.15, 0.2) is 24.6 Å². The van der Waals surface area contributed by atoms with Crippen LogP contribution in [-0.2, 0) is 42.9 Å². The molecule has 1 rings (SSSR count). The number of unbranched alkanes of at least 4 members (excludes halogenated alkanes) is 11. The number of carboxylic acid groups (broad SMARTS) is 1. The van der Waals surface area contributed by atoms with Gasteiger partial charge in [-0.05, 0) is 141 Å². The van der Waals surface area contributed by atoms with Gasteiger partial charge in [-0.2, -0.15) is 0 Å². The van der Waals surface area contributed by atoms with Crippen LogP contribution in [0.3, 0.4) is 0 Å². The molecule has 0 aromatic heterocycles. The van der Waals surface area contributed by atoms with E-state index in [0.29, 0.717) is 19.3 Å². The number of aliphatic hydroxyl groups is 2. The Labute approximate surface area is 501 Å². The van der Waals surface area contributed by atoms with Crippen molar-refractivity contribution in [1.82, 2.24) is 0 Å². The Kier molecular flexibility index (Phi) is 51.6. The van der Waals surface area contributed by atoms with E-state index in [0.717, 1.165) is 154 Å². The van der Waals surface area contributed by atoms with Crippen LogP contribution in [0.1, 0.15) is 213 Å². The molecule has 0 spiro atoms. The summed E-state index contributed by atoms with van der Waals surface area (Å²) in [5.41, 5.74) is 0. The number of rotatable bonds is 51. The monoisotopic (exact) mass is 1150 g/mol. The number of esters is 3. The Balaban J connectivity index is 2.74. The molecule has 1 aliphatic heterocycles. The van der Waals surface area contributed by atoms with E-state index in [1.165, 1.54) is 0 Å². The van der Waals surface area contributed by atoms with Crippen molar-refractivity contribution < 1.29 is 58.2 Å². The van der Waals surface area contributed by atoms with Gasteiger partial charge in [-0.1, -0.05) is 211 Å². The molecule has 0 saturated carbocycles. The van der Waals surface area contributed by atoms with Crippen LogP contribution in [-0.4, -0.2) is 89.2 Å². The fourth-order valence-corrected chi connectivity index (χ4v) is 8.37. The first-order valence-corrected chi connectivity index (χ1v) is 31.5. The van der Waals surface area contributed by atoms with Crippen LogP contribution in [0, 0.1) is 0 Å². The van der Waals surface area contributed by atoms with E-state index in [1.807, 2.05) is 0 Å². The summed E-state index contributed by atoms with van der Waals surface area (Å²) < 4.78 is 28.4. The number of ether oxygens (including phenoxy) is 5. The van der Waals surface area contributed by atoms with Crippen LogP contribution >= 0.6 is 0 Å². The van der Waals surface area contributed by atoms with Gasteiger partial charge in [-0.25, -0.2) is 4.79 Å². The Hall–Kier alpha value is -5.66. The van der Waals surface area contributed by atoms with Gasteiger partial charge in [-0.3, -0.25) is 14.4 Å². The second-order valence-corrected chi connectivity index (χ2v) is 20.5. The summed E-state index contributed by atoms with van der Waals surface area (Å²) >= 11 is 0. The van der Waals surface area contributed by atoms with Gasteiger partial charge in [0.1, 0.15) is 18.8 Å². The molecule has 1 fully saturated rings. The lowest BCUT2D eigenvalue weighted by Crippen LogP contribution is -2.61. The third-order valence-electron chi connectivity index (χ3n) is 13.1. The van der Waals surface area contributed by atoms with E-state index in [2.05, 4.69) is 179 Å². The lowest BCUT2D eigenvalue weighted by molar-refractivity contribution is -0.301. The second-order valence-electron chi connectivity index (χ2n) is 20.5. The summed E-state index contributed by atoms with van der Waals surface area (Å²) in [6.45, 7) is 5.59. The predicted molar refractivity (Wildman–Crippen MR) is 339 cm³/mol. The standard InChI is InChI=1S/C71H108O12/c1-4-7-10-13-16-19-22-25-28-30-32-34-37-39-42-45-48-51-54-57-63(72)79-60-62(81-64(73)58-55-52-49-46-43-40-36-27-24-21-18-15-12-9-6-3)61-80-71-69(67(76)66(75)68(83-71)70(77)78)82-65(74)59-56-53-50-47-44-41-38-35-33-31-29-26-23-20-17-14-11-8-5-2/h7-12,16-21,25-29,32-36,39,41-42,44,62,66-69,71,75-76H,4-6,13-15,22-24,30-31,37-38,40,43,45-61H2,1-3H3,(H,77,78)/b10-7-,11-8-,12-9-,19-16-,20-17-,21-18-,28-25-,29-26-,34-32-,35-33-,36-27-,42-39-,44-41-. The van der Waals surface area contributed by atoms with Gasteiger partial charge >= 0.3 is 23.9 Å². The molecule has 12 nitrogen and oxygen atoms in total. The topological polar surface area (TPSA) is 175 Å². The maximum absolute atomic E-state index is 13.2. The maximum Gasteiger partial charge on any atom is 0.335 e. The zero-order valence-electron chi connectivity index (χ0n) is 51.1. The molecule has 12 heteroatoms. The molecule has 0 aliphatic carbocycles. The van der Waals surface area contributed by atoms with Crippen LogP contribution in [0.25, 0.3) is 0 Å². The minimum atomic E-state index is -1.93. The highest BCUT2D eigenvalue weighted by Crippen LogP contribution is 2.26. The van der Waals surface area contributed by atoms with Gasteiger partial charge < -0.3 is 39.0 Å². The quantitative estimate of drug-likeness (QED) is 0.0228. The highest BCUT2D eigenvalue weighted by Gasteiger charge is 2.50. The average Bonchev–Trinajstić information content (AvgIpc) is 3.57. The average molecular weight is 1150 g/mol. The van der Waals surface area contributed by atoms with E-state index in [-0.39, 0.29) is 25.9 Å². The zero-order chi connectivity index (χ0) is 60.3. The molecule has 1 aliphatic rings. The third-order valence-corrected chi connectivity index (χ3v) is 13.1. The first-order valence-electron chi connectivity index (χ1n) is 31.5. The number of carbonyl (C=O) groups is 4. The summed E-state index contributed by atoms with van der Waals surface area (Å²) in [7, 11) is 0. The zero-order valence-corrected chi connectivity index (χ0v) is 51.1. The molecule has 464 valence electrons. The van der Waals surface area contributed by atoms with Gasteiger partial charge in [-0.15, -0.1) is 0 Å². The van der Waals surface area contributed by atoms with Gasteiger partial charge in [0.05, 0.1) is 6.61 Å². The Bertz CT molecular complexity index is 2050. The Morgan fingerprint density at radius 3 is 1.11 bits per heavy atom. The highest BCUT2D eigenvalue weighted by molar-refractivity contribution is 5.74. The summed E-state index contributed by atoms with van der Waals surface area (Å²) in [4.78, 5) is 51.3. The van der Waals surface area contributed by atoms with Crippen LogP contribution in [0.5, 0.6) is 0 Å². The number of aliphatic carboxylic acids is 1. The molecule has 6 atom stereocenters. The van der Waals surface area contributed by atoms with Crippen molar-refractivity contribution in [3.8, 4) is 0 Å². The maximum atomic E-state index is 13.2. The number of allylic oxidation sites excluding steroid dienone is 26. The van der Waals surface area contributed by atoms with E-state index < -0.39 is 67.3 Å². The van der Waals surface area contributed by atoms with Crippen molar-refractivity contribution >= 4 is 23.9 Å². The summed E-state index contributed by atoms with van der Waals surface area (Å²) in [6, 6.07) is 0. The normalized spacial score (nSPS) is 18.7. The molecule has 6 unspecified atom stereocenters. The third kappa shape index (κ3) is 46.4. The molecule has 83 heavy (non-hydrogen) atoms. The van der Waals surface area contributed by atoms with E-state index in [1.54, 1.807) is 0 Å². The lowest BCUT2D eigenvalue weighted by Gasteiger charge is -2.40. The van der Waals surface area contributed by atoms with E-state index in [9.17, 15) is 34.5 Å². The molecular weight excluding hydrogens is 1040 g/mol. The van der Waals surface area contributed by atoms with Crippen LogP contribution < -0.4 is 0 Å². The highest BCUT2D eigenvalue weighted by atomic mass is 16.7. The van der Waals surface area contributed by atoms with Gasteiger partial charge in [0, 0.05) is 19.3 Å². The van der Waals surface area contributed by atoms with E-state index >= 15 is 0 Å². The van der Waals surface area contributed by atoms with Crippen LogP contribution in [0.4, 0.5) is 0 Å². The van der Waals surface area contributed by atoms with Crippen molar-refractivity contribution in [3.05, 3.63) is 158 Å². The first kappa shape index (κ1) is 75.4. The van der Waals surface area contributed by atoms with E-state index in [4.69, 9.17) is 23.7 Å². The van der Waals surface area contributed by atoms with Crippen molar-refractivity contribution in [2.75, 3.05) is 13.2 Å². The summed E-state index contributed by atoms with van der Waals surface area (Å²) in [6.07, 6.45) is 70.5. The van der Waals surface area contributed by atoms with Crippen LogP contribution in [0.15, 0.2) is 158 Å². The minimum absolute atomic E-state index is 0.00607. The van der Waals surface area contributed by atoms with Crippen molar-refractivity contribution in [2.24, 2.45) is 0 Å². The van der Waals surface area contributed by atoms with Gasteiger partial charge in [0.25, 0.3) is 0 Å². The smallest absolute Gasteiger partial charge is 0.335 e. The molecular formula is C71H108O12. The summed E-state index contributed by atoms with van der Waals surface area (Å²) in [5, 5.41) is 31.6. The largest absolute Gasteiger partial charge is 0.479 e. The number of hydrogen-bond acceptors (Lipinski definition) is 11. The molecule has 1 saturated heterocycles. The number of aliphatic hydroxyl groups excluding tert-OH is 2. The van der Waals surface area contributed by atoms with Crippen molar-refractivity contribution in [2.45, 2.75) is 250 Å². The fourth-order valence-electron chi connectivity index (χ4n) is 8.37. The van der Waals surface area contributed by atoms with Crippen molar-refractivity contribution in [1.29, 1.82) is 0 Å². The van der Waals surface area contributed by atoms with Gasteiger partial charge in [0.2, 0.25) is 0 Å². The lowest BCUT2D eigenvalue weighted by atomic mass is 9.98. The molecule has 0 radical (unpaired) electrons. The predicted octanol–water partition coefficient (Wildman–Crippen LogP) is 16.9. The Morgan fingerprint density at radius 1 is 0.398 bits per heavy atom. The molecule has 0 aromatic carbocycles. The van der Waals surface area contributed by atoms with Crippen LogP contribution in [0.2, 0.25) is 0 Å². The summed E-state index contributed by atoms with van der Waals surface area (Å²) in [5.74, 6) is -3.26.